The van der Waals surface area contributed by atoms with Gasteiger partial charge in [0.2, 0.25) is 10.0 Å². The second-order valence-corrected chi connectivity index (χ2v) is 7.41. The summed E-state index contributed by atoms with van der Waals surface area (Å²) in [6, 6.07) is 7.93. The number of methoxy groups -OCH3 is 1. The summed E-state index contributed by atoms with van der Waals surface area (Å²) < 4.78 is 37.2. The Bertz CT molecular complexity index is 573. The van der Waals surface area contributed by atoms with E-state index in [-0.39, 0.29) is 18.0 Å². The summed E-state index contributed by atoms with van der Waals surface area (Å²) in [6.07, 6.45) is -0.512. The fraction of sp³-hybridized carbons (Fsp3) is 0.600. The number of hydrogen-bond acceptors (Lipinski definition) is 4. The lowest BCUT2D eigenvalue weighted by Gasteiger charge is -2.33. The highest BCUT2D eigenvalue weighted by Gasteiger charge is 2.31. The van der Waals surface area contributed by atoms with Gasteiger partial charge < -0.3 is 9.47 Å². The minimum atomic E-state index is -3.32. The molecule has 0 bridgehead atoms. The molecule has 2 atom stereocenters. The number of benzene rings is 1. The first-order valence-corrected chi connectivity index (χ1v) is 8.72. The van der Waals surface area contributed by atoms with Crippen molar-refractivity contribution in [3.8, 4) is 0 Å². The van der Waals surface area contributed by atoms with E-state index in [0.717, 1.165) is 11.1 Å². The van der Waals surface area contributed by atoms with E-state index in [9.17, 15) is 8.42 Å². The lowest BCUT2D eigenvalue weighted by Crippen LogP contribution is -2.44. The Morgan fingerprint density at radius 1 is 1.43 bits per heavy atom. The maximum Gasteiger partial charge on any atom is 0.216 e. The smallest absolute Gasteiger partial charge is 0.216 e. The maximum absolute atomic E-state index is 12.4. The summed E-state index contributed by atoms with van der Waals surface area (Å²) in [4.78, 5) is 0. The van der Waals surface area contributed by atoms with Crippen LogP contribution in [0.1, 0.15) is 24.2 Å². The number of aryl methyl sites for hydroxylation is 1. The molecular weight excluding hydrogens is 290 g/mol. The molecule has 0 saturated carbocycles. The Morgan fingerprint density at radius 3 is 2.81 bits per heavy atom. The van der Waals surface area contributed by atoms with Gasteiger partial charge in [0.05, 0.1) is 24.6 Å². The normalized spacial score (nSPS) is 22.1. The zero-order chi connectivity index (χ0) is 15.5. The molecule has 1 aromatic carbocycles. The van der Waals surface area contributed by atoms with Gasteiger partial charge in [-0.25, -0.2) is 8.42 Å². The molecule has 1 aliphatic heterocycles. The largest absolute Gasteiger partial charge is 0.381 e. The van der Waals surface area contributed by atoms with E-state index < -0.39 is 10.0 Å². The van der Waals surface area contributed by atoms with Gasteiger partial charge in [-0.05, 0) is 25.0 Å². The van der Waals surface area contributed by atoms with Crippen molar-refractivity contribution in [3.05, 3.63) is 35.4 Å². The van der Waals surface area contributed by atoms with Crippen LogP contribution in [-0.4, -0.2) is 51.4 Å². The summed E-state index contributed by atoms with van der Waals surface area (Å²) in [7, 11) is -1.80. The minimum Gasteiger partial charge on any atom is -0.381 e. The number of rotatable bonds is 5. The van der Waals surface area contributed by atoms with Gasteiger partial charge in [-0.2, -0.15) is 4.31 Å². The molecule has 0 N–H and O–H groups in total. The molecule has 5 nitrogen and oxygen atoms in total. The Morgan fingerprint density at radius 2 is 2.14 bits per heavy atom. The molecular formula is C15H23NO4S. The molecule has 1 aliphatic rings. The van der Waals surface area contributed by atoms with Gasteiger partial charge in [0.25, 0.3) is 0 Å². The van der Waals surface area contributed by atoms with Crippen LogP contribution in [0.5, 0.6) is 0 Å². The monoisotopic (exact) mass is 313 g/mol. The average Bonchev–Trinajstić information content (AvgIpc) is 2.47. The van der Waals surface area contributed by atoms with E-state index in [1.165, 1.54) is 11.4 Å². The molecule has 0 unspecified atom stereocenters. The lowest BCUT2D eigenvalue weighted by atomic mass is 10.0. The van der Waals surface area contributed by atoms with E-state index in [1.807, 2.05) is 31.2 Å². The van der Waals surface area contributed by atoms with Crippen molar-refractivity contribution in [3.63, 3.8) is 0 Å². The molecule has 0 aliphatic carbocycles. The van der Waals surface area contributed by atoms with E-state index in [1.54, 1.807) is 6.92 Å². The molecule has 0 aromatic heterocycles. The highest BCUT2D eigenvalue weighted by atomic mass is 32.2. The molecule has 1 fully saturated rings. The molecule has 0 radical (unpaired) electrons. The molecule has 118 valence electrons. The maximum atomic E-state index is 12.4. The van der Waals surface area contributed by atoms with Crippen LogP contribution in [-0.2, 0) is 19.5 Å². The fourth-order valence-corrected chi connectivity index (χ4v) is 4.14. The third-order valence-electron chi connectivity index (χ3n) is 3.81. The van der Waals surface area contributed by atoms with Gasteiger partial charge in [0.1, 0.15) is 0 Å². The van der Waals surface area contributed by atoms with Crippen molar-refractivity contribution in [1.29, 1.82) is 0 Å². The second kappa shape index (κ2) is 6.87. The zero-order valence-corrected chi connectivity index (χ0v) is 13.6. The first kappa shape index (κ1) is 16.4. The average molecular weight is 313 g/mol. The van der Waals surface area contributed by atoms with Crippen LogP contribution < -0.4 is 0 Å². The van der Waals surface area contributed by atoms with Crippen LogP contribution >= 0.6 is 0 Å². The minimum absolute atomic E-state index is 0.00396. The molecule has 1 heterocycles. The van der Waals surface area contributed by atoms with Gasteiger partial charge >= 0.3 is 0 Å². The number of sulfonamides is 1. The third-order valence-corrected chi connectivity index (χ3v) is 5.81. The molecule has 0 amide bonds. The first-order valence-electron chi connectivity index (χ1n) is 7.12. The van der Waals surface area contributed by atoms with Crippen LogP contribution in [0.2, 0.25) is 0 Å². The highest BCUT2D eigenvalue weighted by Crippen LogP contribution is 2.26. The summed E-state index contributed by atoms with van der Waals surface area (Å²) in [5.74, 6) is 0.00396. The van der Waals surface area contributed by atoms with Crippen molar-refractivity contribution >= 4 is 10.0 Å². The van der Waals surface area contributed by atoms with Gasteiger partial charge in [-0.1, -0.05) is 24.3 Å². The van der Waals surface area contributed by atoms with E-state index >= 15 is 0 Å². The first-order chi connectivity index (χ1) is 9.94. The van der Waals surface area contributed by atoms with Crippen LogP contribution in [0.4, 0.5) is 0 Å². The Balaban J connectivity index is 2.12. The molecule has 6 heteroatoms. The van der Waals surface area contributed by atoms with Crippen LogP contribution in [0.15, 0.2) is 24.3 Å². The predicted octanol–water partition coefficient (Wildman–Crippen LogP) is 1.73. The van der Waals surface area contributed by atoms with Crippen molar-refractivity contribution in [1.82, 2.24) is 4.31 Å². The van der Waals surface area contributed by atoms with Crippen LogP contribution in [0, 0.1) is 6.92 Å². The summed E-state index contributed by atoms with van der Waals surface area (Å²) in [5.41, 5.74) is 2.17. The number of morpholine rings is 1. The topological polar surface area (TPSA) is 55.8 Å². The van der Waals surface area contributed by atoms with Crippen molar-refractivity contribution < 1.29 is 17.9 Å². The van der Waals surface area contributed by atoms with Gasteiger partial charge in [0, 0.05) is 20.2 Å². The molecule has 21 heavy (non-hydrogen) atoms. The van der Waals surface area contributed by atoms with Gasteiger partial charge in [-0.3, -0.25) is 0 Å². The Kier molecular flexibility index (Phi) is 5.37. The van der Waals surface area contributed by atoms with Crippen molar-refractivity contribution in [2.45, 2.75) is 26.1 Å². The fourth-order valence-electron chi connectivity index (χ4n) is 2.48. The zero-order valence-electron chi connectivity index (χ0n) is 12.8. The summed E-state index contributed by atoms with van der Waals surface area (Å²) in [5, 5.41) is 0. The van der Waals surface area contributed by atoms with Crippen molar-refractivity contribution in [2.75, 3.05) is 32.6 Å². The Hall–Kier alpha value is -0.950. The number of ether oxygens (including phenoxy) is 2. The standard InChI is InChI=1S/C15H23NO4S/c1-12-6-4-5-7-14(12)15-10-16(8-9-20-15)21(17,18)11-13(2)19-3/h4-7,13,15H,8-11H2,1-3H3/t13-,15+/m1/s1. The van der Waals surface area contributed by atoms with Gasteiger partial charge in [-0.15, -0.1) is 0 Å². The predicted molar refractivity (Wildman–Crippen MR) is 81.7 cm³/mol. The molecule has 0 spiro atoms. The molecule has 1 aromatic rings. The lowest BCUT2D eigenvalue weighted by molar-refractivity contribution is -0.00327. The van der Waals surface area contributed by atoms with Crippen LogP contribution in [0.25, 0.3) is 0 Å². The van der Waals surface area contributed by atoms with Crippen LogP contribution in [0.3, 0.4) is 0 Å². The van der Waals surface area contributed by atoms with Gasteiger partial charge in [0.15, 0.2) is 0 Å². The SMILES string of the molecule is CO[C@H](C)CS(=O)(=O)N1CCO[C@H](c2ccccc2C)C1. The van der Waals surface area contributed by atoms with E-state index in [0.29, 0.717) is 19.7 Å². The second-order valence-electron chi connectivity index (χ2n) is 5.40. The quantitative estimate of drug-likeness (QED) is 0.831. The van der Waals surface area contributed by atoms with E-state index in [4.69, 9.17) is 9.47 Å². The third kappa shape index (κ3) is 4.03. The summed E-state index contributed by atoms with van der Waals surface area (Å²) >= 11 is 0. The van der Waals surface area contributed by atoms with E-state index in [2.05, 4.69) is 0 Å². The van der Waals surface area contributed by atoms with Crippen molar-refractivity contribution in [2.24, 2.45) is 0 Å². The summed E-state index contributed by atoms with van der Waals surface area (Å²) in [6.45, 7) is 4.96. The Labute approximate surface area is 126 Å². The number of nitrogens with zero attached hydrogens (tertiary/aromatic N) is 1. The molecule has 2 rings (SSSR count). The number of hydrogen-bond donors (Lipinski definition) is 0. The highest BCUT2D eigenvalue weighted by molar-refractivity contribution is 7.89. The molecule has 1 saturated heterocycles.